The predicted octanol–water partition coefficient (Wildman–Crippen LogP) is 2.47. The maximum Gasteiger partial charge on any atom is 0.221 e. The molecule has 0 aliphatic carbocycles. The van der Waals surface area contributed by atoms with Gasteiger partial charge in [-0.1, -0.05) is 38.1 Å². The highest BCUT2D eigenvalue weighted by Crippen LogP contribution is 2.30. The van der Waals surface area contributed by atoms with E-state index in [0.717, 1.165) is 38.8 Å². The molecule has 1 heterocycles. The molecule has 22 heavy (non-hydrogen) atoms. The van der Waals surface area contributed by atoms with Gasteiger partial charge in [0.1, 0.15) is 6.29 Å². The first-order valence-corrected chi connectivity index (χ1v) is 8.07. The van der Waals surface area contributed by atoms with E-state index in [1.54, 1.807) is 0 Å². The summed E-state index contributed by atoms with van der Waals surface area (Å²) in [6.45, 7) is 7.05. The van der Waals surface area contributed by atoms with Gasteiger partial charge in [0, 0.05) is 18.0 Å². The average Bonchev–Trinajstić information content (AvgIpc) is 2.49. The molecule has 4 nitrogen and oxygen atoms in total. The fourth-order valence-corrected chi connectivity index (χ4v) is 3.54. The van der Waals surface area contributed by atoms with Crippen molar-refractivity contribution < 1.29 is 9.59 Å². The van der Waals surface area contributed by atoms with Crippen LogP contribution in [0.15, 0.2) is 24.3 Å². The highest BCUT2D eigenvalue weighted by atomic mass is 16.1. The van der Waals surface area contributed by atoms with Crippen molar-refractivity contribution in [2.75, 3.05) is 13.1 Å². The molecule has 0 radical (unpaired) electrons. The Morgan fingerprint density at radius 2 is 1.86 bits per heavy atom. The number of benzene rings is 1. The van der Waals surface area contributed by atoms with Crippen LogP contribution in [-0.2, 0) is 11.3 Å². The van der Waals surface area contributed by atoms with Crippen molar-refractivity contribution in [1.82, 2.24) is 4.90 Å². The number of piperidine rings is 1. The topological polar surface area (TPSA) is 63.4 Å². The van der Waals surface area contributed by atoms with Crippen LogP contribution < -0.4 is 5.73 Å². The highest BCUT2D eigenvalue weighted by molar-refractivity contribution is 5.77. The number of carbonyl (C=O) groups is 2. The first kappa shape index (κ1) is 16.7. The molecule has 120 valence electrons. The molecule has 1 unspecified atom stereocenters. The number of aldehydes is 1. The Bertz CT molecular complexity index is 502. The number of rotatable bonds is 6. The number of nitrogens with two attached hydrogens (primary N) is 1. The van der Waals surface area contributed by atoms with Crippen LogP contribution in [0.4, 0.5) is 0 Å². The zero-order valence-corrected chi connectivity index (χ0v) is 13.5. The number of hydrogen-bond donors (Lipinski definition) is 1. The summed E-state index contributed by atoms with van der Waals surface area (Å²) >= 11 is 0. The van der Waals surface area contributed by atoms with Gasteiger partial charge in [-0.2, -0.15) is 0 Å². The van der Waals surface area contributed by atoms with Crippen LogP contribution >= 0.6 is 0 Å². The number of carbonyl (C=O) groups excluding carboxylic acids is 2. The van der Waals surface area contributed by atoms with Crippen molar-refractivity contribution in [2.45, 2.75) is 33.2 Å². The lowest BCUT2D eigenvalue weighted by molar-refractivity contribution is -0.125. The molecular formula is C18H26N2O2. The molecule has 1 aliphatic rings. The van der Waals surface area contributed by atoms with Gasteiger partial charge < -0.3 is 5.73 Å². The van der Waals surface area contributed by atoms with Crippen molar-refractivity contribution in [2.24, 2.45) is 23.5 Å². The van der Waals surface area contributed by atoms with Crippen LogP contribution in [0.2, 0.25) is 0 Å². The second-order valence-electron chi connectivity index (χ2n) is 6.65. The Kier molecular flexibility index (Phi) is 5.72. The third-order valence-electron chi connectivity index (χ3n) is 4.71. The normalized spacial score (nSPS) is 18.3. The fourth-order valence-electron chi connectivity index (χ4n) is 3.54. The van der Waals surface area contributed by atoms with Crippen LogP contribution in [-0.4, -0.2) is 30.2 Å². The van der Waals surface area contributed by atoms with Gasteiger partial charge in [-0.05, 0) is 43.3 Å². The minimum absolute atomic E-state index is 0.00553. The van der Waals surface area contributed by atoms with E-state index in [2.05, 4.69) is 18.7 Å². The second kappa shape index (κ2) is 7.54. The van der Waals surface area contributed by atoms with Gasteiger partial charge in [-0.3, -0.25) is 14.5 Å². The molecule has 1 atom stereocenters. The van der Waals surface area contributed by atoms with Crippen LogP contribution in [0.3, 0.4) is 0 Å². The van der Waals surface area contributed by atoms with Crippen molar-refractivity contribution in [3.63, 3.8) is 0 Å². The van der Waals surface area contributed by atoms with E-state index in [0.29, 0.717) is 17.4 Å². The quantitative estimate of drug-likeness (QED) is 0.821. The minimum Gasteiger partial charge on any atom is -0.369 e. The summed E-state index contributed by atoms with van der Waals surface area (Å²) < 4.78 is 0. The first-order valence-electron chi connectivity index (χ1n) is 8.07. The van der Waals surface area contributed by atoms with E-state index in [4.69, 9.17) is 5.73 Å². The minimum atomic E-state index is -0.155. The third kappa shape index (κ3) is 4.17. The van der Waals surface area contributed by atoms with Gasteiger partial charge in [0.15, 0.2) is 0 Å². The average molecular weight is 302 g/mol. The molecule has 1 saturated heterocycles. The van der Waals surface area contributed by atoms with E-state index in [1.165, 1.54) is 5.56 Å². The number of hydrogen-bond acceptors (Lipinski definition) is 3. The maximum absolute atomic E-state index is 11.7. The first-order chi connectivity index (χ1) is 10.5. The van der Waals surface area contributed by atoms with Crippen molar-refractivity contribution in [3.05, 3.63) is 35.4 Å². The van der Waals surface area contributed by atoms with Crippen molar-refractivity contribution in [1.29, 1.82) is 0 Å². The van der Waals surface area contributed by atoms with Gasteiger partial charge in [-0.15, -0.1) is 0 Å². The Morgan fingerprint density at radius 3 is 2.32 bits per heavy atom. The summed E-state index contributed by atoms with van der Waals surface area (Å²) in [5.74, 6) is 0.558. The van der Waals surface area contributed by atoms with Crippen LogP contribution in [0.1, 0.15) is 42.6 Å². The summed E-state index contributed by atoms with van der Waals surface area (Å²) in [4.78, 5) is 24.7. The molecule has 1 aromatic rings. The Labute approximate surface area is 132 Å². The largest absolute Gasteiger partial charge is 0.369 e. The molecule has 1 amide bonds. The van der Waals surface area contributed by atoms with Gasteiger partial charge in [0.25, 0.3) is 0 Å². The number of nitrogens with zero attached hydrogens (tertiary/aromatic N) is 1. The van der Waals surface area contributed by atoms with Crippen molar-refractivity contribution in [3.8, 4) is 0 Å². The molecule has 1 aromatic carbocycles. The van der Waals surface area contributed by atoms with Gasteiger partial charge >= 0.3 is 0 Å². The standard InChI is InChI=1S/C18H26N2O2/c1-13(2)17(18(19)22)16-7-9-20(10-8-16)11-14-3-5-15(12-21)6-4-14/h3-6,12-13,16-17H,7-11H2,1-2H3,(H2,19,22). The number of primary amides is 1. The molecule has 4 heteroatoms. The van der Waals surface area contributed by atoms with Gasteiger partial charge in [0.2, 0.25) is 5.91 Å². The van der Waals surface area contributed by atoms with E-state index in [9.17, 15) is 9.59 Å². The molecule has 0 spiro atoms. The van der Waals surface area contributed by atoms with Crippen LogP contribution in [0.25, 0.3) is 0 Å². The Morgan fingerprint density at radius 1 is 1.27 bits per heavy atom. The SMILES string of the molecule is CC(C)C(C(N)=O)C1CCN(Cc2ccc(C=O)cc2)CC1. The molecule has 0 aromatic heterocycles. The summed E-state index contributed by atoms with van der Waals surface area (Å²) in [6.07, 6.45) is 2.92. The maximum atomic E-state index is 11.7. The highest BCUT2D eigenvalue weighted by Gasteiger charge is 2.32. The molecule has 0 saturated carbocycles. The predicted molar refractivity (Wildman–Crippen MR) is 87.4 cm³/mol. The Balaban J connectivity index is 1.88. The number of amides is 1. The summed E-state index contributed by atoms with van der Waals surface area (Å²) in [5, 5.41) is 0. The second-order valence-corrected chi connectivity index (χ2v) is 6.65. The van der Waals surface area contributed by atoms with E-state index < -0.39 is 0 Å². The van der Waals surface area contributed by atoms with Gasteiger partial charge in [0.05, 0.1) is 0 Å². The molecular weight excluding hydrogens is 276 g/mol. The van der Waals surface area contributed by atoms with E-state index in [-0.39, 0.29) is 11.8 Å². The summed E-state index contributed by atoms with van der Waals surface area (Å²) in [6, 6.07) is 7.74. The molecule has 2 N–H and O–H groups in total. The van der Waals surface area contributed by atoms with Crippen molar-refractivity contribution >= 4 is 12.2 Å². The number of likely N-dealkylation sites (tertiary alicyclic amines) is 1. The molecule has 0 bridgehead atoms. The van der Waals surface area contributed by atoms with Crippen LogP contribution in [0, 0.1) is 17.8 Å². The lowest BCUT2D eigenvalue weighted by Crippen LogP contribution is -2.41. The van der Waals surface area contributed by atoms with Crippen LogP contribution in [0.5, 0.6) is 0 Å². The zero-order chi connectivity index (χ0) is 16.1. The third-order valence-corrected chi connectivity index (χ3v) is 4.71. The molecule has 1 fully saturated rings. The lowest BCUT2D eigenvalue weighted by atomic mass is 9.77. The Hall–Kier alpha value is -1.68. The summed E-state index contributed by atoms with van der Waals surface area (Å²) in [5.41, 5.74) is 7.51. The van der Waals surface area contributed by atoms with E-state index >= 15 is 0 Å². The smallest absolute Gasteiger partial charge is 0.221 e. The lowest BCUT2D eigenvalue weighted by Gasteiger charge is -2.36. The zero-order valence-electron chi connectivity index (χ0n) is 13.5. The van der Waals surface area contributed by atoms with E-state index in [1.807, 2.05) is 24.3 Å². The van der Waals surface area contributed by atoms with Gasteiger partial charge in [-0.25, -0.2) is 0 Å². The fraction of sp³-hybridized carbons (Fsp3) is 0.556. The monoisotopic (exact) mass is 302 g/mol. The molecule has 1 aliphatic heterocycles. The molecule has 2 rings (SSSR count). The summed E-state index contributed by atoms with van der Waals surface area (Å²) in [7, 11) is 0.